The molecular formula is C11H13ClF3NO2. The third-order valence-corrected chi connectivity index (χ3v) is 2.33. The summed E-state index contributed by atoms with van der Waals surface area (Å²) in [4.78, 5) is 10.9. The summed E-state index contributed by atoms with van der Waals surface area (Å²) in [6.45, 7) is 0. The van der Waals surface area contributed by atoms with Crippen LogP contribution in [0.15, 0.2) is 18.2 Å². The normalized spacial score (nSPS) is 10.7. The fourth-order valence-corrected chi connectivity index (χ4v) is 1.42. The van der Waals surface area contributed by atoms with Crippen LogP contribution >= 0.6 is 12.4 Å². The van der Waals surface area contributed by atoms with Crippen LogP contribution in [0, 0.1) is 0 Å². The Balaban J connectivity index is 0.00000289. The van der Waals surface area contributed by atoms with Crippen LogP contribution in [-0.4, -0.2) is 13.1 Å². The molecule has 3 nitrogen and oxygen atoms in total. The van der Waals surface area contributed by atoms with Gasteiger partial charge in [0.05, 0.1) is 12.7 Å². The number of hydrogen-bond donors (Lipinski definition) is 1. The first-order valence-electron chi connectivity index (χ1n) is 4.87. The second-order valence-corrected chi connectivity index (χ2v) is 3.45. The molecule has 0 atom stereocenters. The van der Waals surface area contributed by atoms with Gasteiger partial charge in [0.2, 0.25) is 0 Å². The summed E-state index contributed by atoms with van der Waals surface area (Å²) in [6, 6.07) is 3.65. The maximum absolute atomic E-state index is 12.5. The van der Waals surface area contributed by atoms with Crippen molar-refractivity contribution in [2.75, 3.05) is 12.8 Å². The Morgan fingerprint density at radius 2 is 2.00 bits per heavy atom. The van der Waals surface area contributed by atoms with E-state index in [1.54, 1.807) is 0 Å². The number of para-hydroxylation sites is 1. The maximum Gasteiger partial charge on any atom is 0.418 e. The molecule has 0 unspecified atom stereocenters. The molecule has 1 aromatic rings. The number of esters is 1. The second-order valence-electron chi connectivity index (χ2n) is 3.45. The van der Waals surface area contributed by atoms with Gasteiger partial charge >= 0.3 is 12.1 Å². The van der Waals surface area contributed by atoms with E-state index in [2.05, 4.69) is 4.74 Å². The molecule has 1 aromatic carbocycles. The highest BCUT2D eigenvalue weighted by molar-refractivity contribution is 5.85. The minimum atomic E-state index is -4.48. The molecular weight excluding hydrogens is 271 g/mol. The molecule has 0 heterocycles. The van der Waals surface area contributed by atoms with Crippen LogP contribution in [0.3, 0.4) is 0 Å². The smallest absolute Gasteiger partial charge is 0.418 e. The van der Waals surface area contributed by atoms with Crippen molar-refractivity contribution in [2.24, 2.45) is 0 Å². The number of carbonyl (C=O) groups excluding carboxylic acids is 1. The fraction of sp³-hybridized carbons (Fsp3) is 0.364. The Bertz CT molecular complexity index is 421. The van der Waals surface area contributed by atoms with E-state index in [4.69, 9.17) is 5.73 Å². The maximum atomic E-state index is 12.5. The molecule has 0 fully saturated rings. The van der Waals surface area contributed by atoms with E-state index in [0.29, 0.717) is 5.56 Å². The zero-order valence-corrected chi connectivity index (χ0v) is 10.4. The summed E-state index contributed by atoms with van der Waals surface area (Å²) in [7, 11) is 1.22. The lowest BCUT2D eigenvalue weighted by molar-refractivity contribution is -0.140. The predicted octanol–water partition coefficient (Wildman–Crippen LogP) is 2.82. The van der Waals surface area contributed by atoms with E-state index in [1.807, 2.05) is 0 Å². The third-order valence-electron chi connectivity index (χ3n) is 2.33. The average Bonchev–Trinajstić information content (AvgIpc) is 2.25. The van der Waals surface area contributed by atoms with Gasteiger partial charge in [-0.2, -0.15) is 13.2 Å². The number of methoxy groups -OCH3 is 1. The van der Waals surface area contributed by atoms with E-state index in [1.165, 1.54) is 19.2 Å². The largest absolute Gasteiger partial charge is 0.469 e. The summed E-state index contributed by atoms with van der Waals surface area (Å²) in [5.41, 5.74) is 4.52. The minimum absolute atomic E-state index is 0. The molecule has 102 valence electrons. The van der Waals surface area contributed by atoms with Gasteiger partial charge in [0.15, 0.2) is 0 Å². The zero-order valence-electron chi connectivity index (χ0n) is 9.58. The first-order valence-corrected chi connectivity index (χ1v) is 4.87. The highest BCUT2D eigenvalue weighted by atomic mass is 35.5. The Morgan fingerprint density at radius 3 is 2.50 bits per heavy atom. The number of nitrogens with two attached hydrogens (primary N) is 1. The Hall–Kier alpha value is -1.43. The van der Waals surface area contributed by atoms with Gasteiger partial charge in [0.1, 0.15) is 0 Å². The number of anilines is 1. The molecule has 0 saturated carbocycles. The van der Waals surface area contributed by atoms with E-state index in [0.717, 1.165) is 6.07 Å². The zero-order chi connectivity index (χ0) is 13.1. The van der Waals surface area contributed by atoms with E-state index in [-0.39, 0.29) is 30.9 Å². The standard InChI is InChI=1S/C11H12F3NO2.ClH/c1-17-9(16)6-5-7-3-2-4-8(10(7)15)11(12,13)14;/h2-4H,5-6,15H2,1H3;1H. The van der Waals surface area contributed by atoms with Crippen molar-refractivity contribution < 1.29 is 22.7 Å². The molecule has 0 aliphatic carbocycles. The van der Waals surface area contributed by atoms with Gasteiger partial charge in [-0.05, 0) is 18.1 Å². The number of rotatable bonds is 3. The molecule has 0 aliphatic heterocycles. The molecule has 18 heavy (non-hydrogen) atoms. The van der Waals surface area contributed by atoms with Crippen LogP contribution in [0.5, 0.6) is 0 Å². The summed E-state index contributed by atoms with van der Waals surface area (Å²) in [5, 5.41) is 0. The number of ether oxygens (including phenoxy) is 1. The van der Waals surface area contributed by atoms with Crippen LogP contribution < -0.4 is 5.73 Å². The van der Waals surface area contributed by atoms with Crippen molar-refractivity contribution in [3.05, 3.63) is 29.3 Å². The Kier molecular flexibility index (Phi) is 5.97. The Labute approximate surface area is 109 Å². The molecule has 0 aromatic heterocycles. The van der Waals surface area contributed by atoms with Crippen LogP contribution in [0.1, 0.15) is 17.5 Å². The van der Waals surface area contributed by atoms with Crippen molar-refractivity contribution in [3.8, 4) is 0 Å². The minimum Gasteiger partial charge on any atom is -0.469 e. The van der Waals surface area contributed by atoms with E-state index < -0.39 is 17.7 Å². The summed E-state index contributed by atoms with van der Waals surface area (Å²) in [5.74, 6) is -0.484. The quantitative estimate of drug-likeness (QED) is 0.685. The van der Waals surface area contributed by atoms with E-state index in [9.17, 15) is 18.0 Å². The van der Waals surface area contributed by atoms with Gasteiger partial charge in [0.25, 0.3) is 0 Å². The SMILES string of the molecule is COC(=O)CCc1cccc(C(F)(F)F)c1N.Cl. The molecule has 0 spiro atoms. The summed E-state index contributed by atoms with van der Waals surface area (Å²) >= 11 is 0. The van der Waals surface area contributed by atoms with Gasteiger partial charge in [-0.15, -0.1) is 12.4 Å². The lowest BCUT2D eigenvalue weighted by Gasteiger charge is -2.13. The van der Waals surface area contributed by atoms with Crippen LogP contribution in [0.4, 0.5) is 18.9 Å². The number of halogens is 4. The van der Waals surface area contributed by atoms with Crippen molar-refractivity contribution in [1.29, 1.82) is 0 Å². The molecule has 1 rings (SSSR count). The number of nitrogen functional groups attached to an aromatic ring is 1. The fourth-order valence-electron chi connectivity index (χ4n) is 1.42. The molecule has 0 aliphatic rings. The van der Waals surface area contributed by atoms with Gasteiger partial charge < -0.3 is 10.5 Å². The van der Waals surface area contributed by atoms with Crippen LogP contribution in [-0.2, 0) is 22.1 Å². The first-order chi connectivity index (χ1) is 7.86. The van der Waals surface area contributed by atoms with Crippen molar-refractivity contribution in [2.45, 2.75) is 19.0 Å². The van der Waals surface area contributed by atoms with Gasteiger partial charge in [-0.3, -0.25) is 4.79 Å². The van der Waals surface area contributed by atoms with Crippen molar-refractivity contribution >= 4 is 24.1 Å². The average molecular weight is 284 g/mol. The summed E-state index contributed by atoms with van der Waals surface area (Å²) < 4.78 is 42.0. The predicted molar refractivity (Wildman–Crippen MR) is 63.4 cm³/mol. The van der Waals surface area contributed by atoms with Crippen LogP contribution in [0.25, 0.3) is 0 Å². The second kappa shape index (κ2) is 6.49. The van der Waals surface area contributed by atoms with Crippen molar-refractivity contribution in [3.63, 3.8) is 0 Å². The summed E-state index contributed by atoms with van der Waals surface area (Å²) in [6.07, 6.45) is -4.35. The molecule has 0 amide bonds. The van der Waals surface area contributed by atoms with Crippen LogP contribution in [0.2, 0.25) is 0 Å². The lowest BCUT2D eigenvalue weighted by atomic mass is 10.0. The number of alkyl halides is 3. The molecule has 0 bridgehead atoms. The third kappa shape index (κ3) is 4.10. The number of carbonyl (C=O) groups is 1. The highest BCUT2D eigenvalue weighted by Crippen LogP contribution is 2.35. The molecule has 2 N–H and O–H groups in total. The molecule has 0 radical (unpaired) electrons. The van der Waals surface area contributed by atoms with E-state index >= 15 is 0 Å². The monoisotopic (exact) mass is 283 g/mol. The first kappa shape index (κ1) is 16.6. The van der Waals surface area contributed by atoms with Gasteiger partial charge in [-0.25, -0.2) is 0 Å². The van der Waals surface area contributed by atoms with Gasteiger partial charge in [-0.1, -0.05) is 12.1 Å². The molecule has 7 heteroatoms. The molecule has 0 saturated heterocycles. The highest BCUT2D eigenvalue weighted by Gasteiger charge is 2.33. The topological polar surface area (TPSA) is 52.3 Å². The van der Waals surface area contributed by atoms with Gasteiger partial charge in [0, 0.05) is 12.1 Å². The Morgan fingerprint density at radius 1 is 1.39 bits per heavy atom. The number of benzene rings is 1. The lowest BCUT2D eigenvalue weighted by Crippen LogP contribution is -2.11. The number of hydrogen-bond acceptors (Lipinski definition) is 3. The van der Waals surface area contributed by atoms with Crippen molar-refractivity contribution in [1.82, 2.24) is 0 Å². The number of aryl methyl sites for hydroxylation is 1.